The van der Waals surface area contributed by atoms with E-state index in [9.17, 15) is 8.42 Å². The molecule has 1 aliphatic carbocycles. The van der Waals surface area contributed by atoms with Crippen LogP contribution in [0.3, 0.4) is 0 Å². The summed E-state index contributed by atoms with van der Waals surface area (Å²) >= 11 is 1.57. The highest BCUT2D eigenvalue weighted by Crippen LogP contribution is 2.26. The molecular weight excluding hydrogens is 342 g/mol. The normalized spacial score (nSPS) is 14.8. The quantitative estimate of drug-likeness (QED) is 0.755. The van der Waals surface area contributed by atoms with Gasteiger partial charge >= 0.3 is 0 Å². The van der Waals surface area contributed by atoms with E-state index in [4.69, 9.17) is 4.74 Å². The number of hydrogen-bond donors (Lipinski definition) is 0. The summed E-state index contributed by atoms with van der Waals surface area (Å²) in [5, 5.41) is 1.97. The number of rotatable bonds is 7. The third-order valence-electron chi connectivity index (χ3n) is 4.41. The summed E-state index contributed by atoms with van der Waals surface area (Å²) in [6.07, 6.45) is 4.36. The van der Waals surface area contributed by atoms with Gasteiger partial charge in [-0.2, -0.15) is 4.31 Å². The van der Waals surface area contributed by atoms with Gasteiger partial charge in [0.05, 0.1) is 11.5 Å². The van der Waals surface area contributed by atoms with Crippen LogP contribution in [0.4, 0.5) is 0 Å². The number of methoxy groups -OCH3 is 1. The van der Waals surface area contributed by atoms with Crippen LogP contribution in [0.25, 0.3) is 0 Å². The van der Waals surface area contributed by atoms with Crippen LogP contribution in [0.5, 0.6) is 0 Å². The molecule has 0 atom stereocenters. The molecule has 0 unspecified atom stereocenters. The van der Waals surface area contributed by atoms with Gasteiger partial charge in [0, 0.05) is 25.1 Å². The molecule has 0 N–H and O–H groups in total. The van der Waals surface area contributed by atoms with E-state index in [2.05, 4.69) is 0 Å². The highest BCUT2D eigenvalue weighted by Gasteiger charge is 2.26. The molecule has 0 spiro atoms. The minimum Gasteiger partial charge on any atom is -0.383 e. The lowest BCUT2D eigenvalue weighted by Crippen LogP contribution is -2.33. The predicted molar refractivity (Wildman–Crippen MR) is 96.9 cm³/mol. The van der Waals surface area contributed by atoms with E-state index < -0.39 is 10.0 Å². The van der Waals surface area contributed by atoms with Crippen LogP contribution < -0.4 is 0 Å². The molecule has 0 bridgehead atoms. The monoisotopic (exact) mass is 365 g/mol. The zero-order chi connectivity index (χ0) is 17.0. The Morgan fingerprint density at radius 3 is 2.67 bits per heavy atom. The summed E-state index contributed by atoms with van der Waals surface area (Å²) in [7, 11) is -1.93. The van der Waals surface area contributed by atoms with Gasteiger partial charge < -0.3 is 4.74 Å². The van der Waals surface area contributed by atoms with Crippen LogP contribution in [0.15, 0.2) is 40.6 Å². The Morgan fingerprint density at radius 1 is 1.17 bits per heavy atom. The van der Waals surface area contributed by atoms with Gasteiger partial charge in [-0.25, -0.2) is 8.42 Å². The summed E-state index contributed by atoms with van der Waals surface area (Å²) in [4.78, 5) is 1.43. The molecule has 24 heavy (non-hydrogen) atoms. The summed E-state index contributed by atoms with van der Waals surface area (Å²) in [6, 6.07) is 9.53. The summed E-state index contributed by atoms with van der Waals surface area (Å²) in [5.41, 5.74) is 2.48. The fourth-order valence-corrected chi connectivity index (χ4v) is 5.33. The van der Waals surface area contributed by atoms with Gasteiger partial charge in [0.1, 0.15) is 0 Å². The van der Waals surface area contributed by atoms with Crippen LogP contribution in [0.1, 0.15) is 28.8 Å². The zero-order valence-corrected chi connectivity index (χ0v) is 15.5. The molecule has 4 nitrogen and oxygen atoms in total. The number of sulfonamides is 1. The molecule has 130 valence electrons. The zero-order valence-electron chi connectivity index (χ0n) is 13.9. The van der Waals surface area contributed by atoms with E-state index in [1.54, 1.807) is 24.5 Å². The lowest BCUT2D eigenvalue weighted by molar-refractivity contribution is 0.177. The topological polar surface area (TPSA) is 46.6 Å². The van der Waals surface area contributed by atoms with Crippen molar-refractivity contribution in [2.24, 2.45) is 0 Å². The number of nitrogens with zero attached hydrogens (tertiary/aromatic N) is 1. The standard InChI is InChI=1S/C18H23NO3S2/c1-22-11-10-19(14-17-7-4-12-23-17)24(20,21)18-9-8-15-5-2-3-6-16(15)13-18/h4,7-9,12-13H,2-3,5-6,10-11,14H2,1H3. The fourth-order valence-electron chi connectivity index (χ4n) is 3.07. The Labute approximate surface area is 148 Å². The molecule has 0 radical (unpaired) electrons. The number of thiophene rings is 1. The number of fused-ring (bicyclic) bond motifs is 1. The maximum absolute atomic E-state index is 13.1. The van der Waals surface area contributed by atoms with Gasteiger partial charge in [-0.1, -0.05) is 12.1 Å². The van der Waals surface area contributed by atoms with E-state index in [1.807, 2.05) is 29.6 Å². The first-order valence-corrected chi connectivity index (χ1v) is 10.6. The van der Waals surface area contributed by atoms with Crippen molar-refractivity contribution in [2.75, 3.05) is 20.3 Å². The molecular formula is C18H23NO3S2. The third kappa shape index (κ3) is 3.88. The van der Waals surface area contributed by atoms with Crippen molar-refractivity contribution in [3.8, 4) is 0 Å². The summed E-state index contributed by atoms with van der Waals surface area (Å²) in [5.74, 6) is 0. The fraction of sp³-hybridized carbons (Fsp3) is 0.444. The molecule has 1 aromatic carbocycles. The number of hydrogen-bond acceptors (Lipinski definition) is 4. The van der Waals surface area contributed by atoms with Crippen LogP contribution in [0, 0.1) is 0 Å². The Balaban J connectivity index is 1.89. The van der Waals surface area contributed by atoms with Gasteiger partial charge in [-0.3, -0.25) is 0 Å². The second-order valence-corrected chi connectivity index (χ2v) is 9.02. The molecule has 0 fully saturated rings. The molecule has 0 amide bonds. The van der Waals surface area contributed by atoms with E-state index in [0.29, 0.717) is 24.6 Å². The molecule has 1 aromatic heterocycles. The van der Waals surface area contributed by atoms with Crippen LogP contribution in [-0.4, -0.2) is 33.0 Å². The van der Waals surface area contributed by atoms with Crippen molar-refractivity contribution in [2.45, 2.75) is 37.1 Å². The van der Waals surface area contributed by atoms with E-state index in [-0.39, 0.29) is 0 Å². The van der Waals surface area contributed by atoms with Crippen molar-refractivity contribution >= 4 is 21.4 Å². The Morgan fingerprint density at radius 2 is 1.96 bits per heavy atom. The molecule has 3 rings (SSSR count). The molecule has 0 saturated carbocycles. The average molecular weight is 366 g/mol. The van der Waals surface area contributed by atoms with Crippen LogP contribution in [-0.2, 0) is 34.1 Å². The van der Waals surface area contributed by atoms with Crippen molar-refractivity contribution in [1.82, 2.24) is 4.31 Å². The predicted octanol–water partition coefficient (Wildman–Crippen LogP) is 3.46. The highest BCUT2D eigenvalue weighted by atomic mass is 32.2. The molecule has 0 aliphatic heterocycles. The lowest BCUT2D eigenvalue weighted by Gasteiger charge is -2.23. The minimum atomic E-state index is -3.52. The number of aryl methyl sites for hydroxylation is 2. The van der Waals surface area contributed by atoms with Gasteiger partial charge in [-0.05, 0) is 60.4 Å². The Kier molecular flexibility index (Phi) is 5.71. The SMILES string of the molecule is COCCN(Cc1cccs1)S(=O)(=O)c1ccc2c(c1)CCCC2. The first-order valence-electron chi connectivity index (χ1n) is 8.24. The Hall–Kier alpha value is -1.21. The van der Waals surface area contributed by atoms with Gasteiger partial charge in [0.15, 0.2) is 0 Å². The largest absolute Gasteiger partial charge is 0.383 e. The Bertz CT molecular complexity index is 770. The van der Waals surface area contributed by atoms with Crippen molar-refractivity contribution in [3.63, 3.8) is 0 Å². The van der Waals surface area contributed by atoms with E-state index in [0.717, 1.165) is 24.1 Å². The molecule has 2 aromatic rings. The minimum absolute atomic E-state index is 0.355. The van der Waals surface area contributed by atoms with Crippen LogP contribution >= 0.6 is 11.3 Å². The summed E-state index contributed by atoms with van der Waals surface area (Å²) < 4.78 is 32.9. The first kappa shape index (κ1) is 17.6. The molecule has 0 saturated heterocycles. The summed E-state index contributed by atoms with van der Waals surface area (Å²) in [6.45, 7) is 1.13. The first-order chi connectivity index (χ1) is 11.6. The third-order valence-corrected chi connectivity index (χ3v) is 7.12. The lowest BCUT2D eigenvalue weighted by atomic mass is 9.92. The second kappa shape index (κ2) is 7.78. The van der Waals surface area contributed by atoms with Crippen molar-refractivity contribution in [3.05, 3.63) is 51.7 Å². The van der Waals surface area contributed by atoms with Crippen molar-refractivity contribution < 1.29 is 13.2 Å². The average Bonchev–Trinajstić information content (AvgIpc) is 3.11. The van der Waals surface area contributed by atoms with E-state index >= 15 is 0 Å². The maximum Gasteiger partial charge on any atom is 0.243 e. The molecule has 1 aliphatic rings. The van der Waals surface area contributed by atoms with Crippen LogP contribution in [0.2, 0.25) is 0 Å². The molecule has 6 heteroatoms. The van der Waals surface area contributed by atoms with Crippen molar-refractivity contribution in [1.29, 1.82) is 0 Å². The number of benzene rings is 1. The van der Waals surface area contributed by atoms with Gasteiger partial charge in [0.25, 0.3) is 0 Å². The second-order valence-electron chi connectivity index (χ2n) is 6.05. The smallest absolute Gasteiger partial charge is 0.243 e. The van der Waals surface area contributed by atoms with E-state index in [1.165, 1.54) is 21.9 Å². The highest BCUT2D eigenvalue weighted by molar-refractivity contribution is 7.89. The van der Waals surface area contributed by atoms with Gasteiger partial charge in [0.2, 0.25) is 10.0 Å². The van der Waals surface area contributed by atoms with Gasteiger partial charge in [-0.15, -0.1) is 11.3 Å². The molecule has 1 heterocycles. The number of ether oxygens (including phenoxy) is 1. The maximum atomic E-state index is 13.1.